The van der Waals surface area contributed by atoms with Crippen LogP contribution in [0.2, 0.25) is 0 Å². The van der Waals surface area contributed by atoms with Crippen LogP contribution in [0.25, 0.3) is 0 Å². The van der Waals surface area contributed by atoms with Crippen molar-refractivity contribution in [1.82, 2.24) is 20.4 Å². The number of anilines is 4. The third-order valence-electron chi connectivity index (χ3n) is 6.30. The van der Waals surface area contributed by atoms with Crippen molar-refractivity contribution in [2.75, 3.05) is 60.8 Å². The Hall–Kier alpha value is -3.42. The molecule has 2 aliphatic rings. The quantitative estimate of drug-likeness (QED) is 0.440. The van der Waals surface area contributed by atoms with E-state index in [0.717, 1.165) is 30.5 Å². The van der Waals surface area contributed by atoms with Crippen molar-refractivity contribution < 1.29 is 18.7 Å². The normalized spacial score (nSPS) is 18.7. The summed E-state index contributed by atoms with van der Waals surface area (Å²) >= 11 is 1.29. The molecule has 3 aromatic rings. The van der Waals surface area contributed by atoms with Crippen molar-refractivity contribution in [1.29, 1.82) is 0 Å². The van der Waals surface area contributed by atoms with Gasteiger partial charge < -0.3 is 24.6 Å². The molecule has 0 radical (unpaired) electrons. The summed E-state index contributed by atoms with van der Waals surface area (Å²) in [4.78, 5) is 17.0. The lowest BCUT2D eigenvalue weighted by Gasteiger charge is -2.40. The zero-order valence-corrected chi connectivity index (χ0v) is 20.7. The van der Waals surface area contributed by atoms with Gasteiger partial charge in [0.25, 0.3) is 5.91 Å². The molecule has 2 atom stereocenters. The van der Waals surface area contributed by atoms with E-state index in [4.69, 9.17) is 9.47 Å². The molecule has 190 valence electrons. The fraction of sp³-hybridized carbons (Fsp3) is 0.435. The van der Waals surface area contributed by atoms with Crippen LogP contribution in [-0.2, 0) is 14.3 Å². The van der Waals surface area contributed by atoms with Crippen LogP contribution in [0.4, 0.5) is 26.2 Å². The molecule has 0 unspecified atom stereocenters. The number of carbonyl (C=O) groups excluding carboxylic acids is 1. The molecule has 0 saturated carbocycles. The highest BCUT2D eigenvalue weighted by molar-refractivity contribution is 7.19. The van der Waals surface area contributed by atoms with E-state index in [2.05, 4.69) is 35.9 Å². The van der Waals surface area contributed by atoms with Gasteiger partial charge in [-0.05, 0) is 36.2 Å². The molecular formula is C23H27FN8O3S. The van der Waals surface area contributed by atoms with Gasteiger partial charge in [0.15, 0.2) is 6.10 Å². The second-order valence-electron chi connectivity index (χ2n) is 8.65. The number of carbonyl (C=O) groups is 1. The molecule has 2 fully saturated rings. The molecule has 1 amide bonds. The number of aromatic nitrogens is 4. The molecule has 2 N–H and O–H groups in total. The minimum atomic E-state index is -0.927. The van der Waals surface area contributed by atoms with Crippen LogP contribution in [0.15, 0.2) is 36.5 Å². The van der Waals surface area contributed by atoms with E-state index in [0.29, 0.717) is 29.5 Å². The first-order valence-corrected chi connectivity index (χ1v) is 12.4. The van der Waals surface area contributed by atoms with Crippen LogP contribution in [-0.4, -0.2) is 78.8 Å². The predicted molar refractivity (Wildman–Crippen MR) is 134 cm³/mol. The number of hydrogen-bond donors (Lipinski definition) is 2. The van der Waals surface area contributed by atoms with Crippen molar-refractivity contribution in [3.63, 3.8) is 0 Å². The molecule has 36 heavy (non-hydrogen) atoms. The Balaban J connectivity index is 1.20. The third kappa shape index (κ3) is 5.22. The second kappa shape index (κ2) is 10.7. The summed E-state index contributed by atoms with van der Waals surface area (Å²) in [6.45, 7) is 2.73. The second-order valence-corrected chi connectivity index (χ2v) is 9.61. The van der Waals surface area contributed by atoms with Gasteiger partial charge in [-0.2, -0.15) is 5.10 Å². The van der Waals surface area contributed by atoms with Crippen molar-refractivity contribution in [3.05, 3.63) is 47.9 Å². The number of hydrogen-bond acceptors (Lipinski definition) is 11. The average molecular weight is 515 g/mol. The fourth-order valence-corrected chi connectivity index (χ4v) is 5.10. The molecule has 0 bridgehead atoms. The number of nitrogens with zero attached hydrogens (tertiary/aromatic N) is 6. The molecule has 1 aromatic carbocycles. The molecule has 0 aliphatic carbocycles. The molecule has 4 heterocycles. The number of methoxy groups -OCH3 is 2. The van der Waals surface area contributed by atoms with Gasteiger partial charge >= 0.3 is 0 Å². The monoisotopic (exact) mass is 514 g/mol. The SMILES string of the molecule is COC1CN(c2cc([C@H](OC)C(=O)Nc3nnc(N4CC[C@@H](Nc5cccnn5)C4)s3)ccc2F)C1. The first kappa shape index (κ1) is 24.3. The maximum atomic E-state index is 14.4. The first-order chi connectivity index (χ1) is 17.5. The smallest absolute Gasteiger partial charge is 0.259 e. The van der Waals surface area contributed by atoms with Gasteiger partial charge in [0.2, 0.25) is 10.3 Å². The largest absolute Gasteiger partial charge is 0.378 e. The first-order valence-electron chi connectivity index (χ1n) is 11.6. The van der Waals surface area contributed by atoms with E-state index >= 15 is 0 Å². The lowest BCUT2D eigenvalue weighted by atomic mass is 10.0. The third-order valence-corrected chi connectivity index (χ3v) is 7.20. The zero-order chi connectivity index (χ0) is 25.1. The van der Waals surface area contributed by atoms with Gasteiger partial charge in [-0.3, -0.25) is 10.1 Å². The van der Waals surface area contributed by atoms with Gasteiger partial charge in [0.05, 0.1) is 11.8 Å². The average Bonchev–Trinajstić information content (AvgIpc) is 3.51. The van der Waals surface area contributed by atoms with Crippen LogP contribution < -0.4 is 20.4 Å². The van der Waals surface area contributed by atoms with Crippen molar-refractivity contribution in [2.45, 2.75) is 24.7 Å². The van der Waals surface area contributed by atoms with Gasteiger partial charge in [-0.1, -0.05) is 17.4 Å². The Bertz CT molecular complexity index is 1190. The minimum absolute atomic E-state index is 0.0786. The van der Waals surface area contributed by atoms with Crippen LogP contribution in [0.1, 0.15) is 18.1 Å². The van der Waals surface area contributed by atoms with E-state index in [1.807, 2.05) is 17.0 Å². The van der Waals surface area contributed by atoms with E-state index in [-0.39, 0.29) is 18.0 Å². The summed E-state index contributed by atoms with van der Waals surface area (Å²) in [6.07, 6.45) is 1.70. The Morgan fingerprint density at radius 2 is 2.03 bits per heavy atom. The summed E-state index contributed by atoms with van der Waals surface area (Å²) in [5, 5.41) is 23.6. The maximum absolute atomic E-state index is 14.4. The van der Waals surface area contributed by atoms with Gasteiger partial charge in [-0.25, -0.2) is 4.39 Å². The lowest BCUT2D eigenvalue weighted by molar-refractivity contribution is -0.126. The number of halogens is 1. The van der Waals surface area contributed by atoms with E-state index in [9.17, 15) is 9.18 Å². The number of amides is 1. The Labute approximate surface area is 211 Å². The van der Waals surface area contributed by atoms with E-state index < -0.39 is 12.0 Å². The minimum Gasteiger partial charge on any atom is -0.378 e. The van der Waals surface area contributed by atoms with E-state index in [1.165, 1.54) is 24.5 Å². The number of nitrogens with one attached hydrogen (secondary N) is 2. The molecule has 2 saturated heterocycles. The van der Waals surface area contributed by atoms with E-state index in [1.54, 1.807) is 25.4 Å². The summed E-state index contributed by atoms with van der Waals surface area (Å²) in [6, 6.07) is 8.48. The summed E-state index contributed by atoms with van der Waals surface area (Å²) in [5.41, 5.74) is 0.974. The van der Waals surface area contributed by atoms with Gasteiger partial charge in [-0.15, -0.1) is 15.3 Å². The van der Waals surface area contributed by atoms with Crippen LogP contribution in [0.3, 0.4) is 0 Å². The molecule has 2 aliphatic heterocycles. The highest BCUT2D eigenvalue weighted by Crippen LogP contribution is 2.32. The Morgan fingerprint density at radius 3 is 2.78 bits per heavy atom. The van der Waals surface area contributed by atoms with Crippen molar-refractivity contribution in [2.24, 2.45) is 0 Å². The number of rotatable bonds is 9. The van der Waals surface area contributed by atoms with Crippen LogP contribution in [0, 0.1) is 5.82 Å². The van der Waals surface area contributed by atoms with Gasteiger partial charge in [0.1, 0.15) is 11.6 Å². The summed E-state index contributed by atoms with van der Waals surface area (Å²) in [7, 11) is 3.08. The Morgan fingerprint density at radius 1 is 1.17 bits per heavy atom. The fourth-order valence-electron chi connectivity index (χ4n) is 4.32. The molecule has 0 spiro atoms. The van der Waals surface area contributed by atoms with Crippen molar-refractivity contribution in [3.8, 4) is 0 Å². The number of benzene rings is 1. The molecule has 13 heteroatoms. The van der Waals surface area contributed by atoms with Crippen molar-refractivity contribution >= 4 is 39.0 Å². The highest BCUT2D eigenvalue weighted by Gasteiger charge is 2.31. The summed E-state index contributed by atoms with van der Waals surface area (Å²) in [5.74, 6) is -0.0217. The zero-order valence-electron chi connectivity index (χ0n) is 19.9. The molecule has 2 aromatic heterocycles. The number of ether oxygens (including phenoxy) is 2. The van der Waals surface area contributed by atoms with Gasteiger partial charge in [0, 0.05) is 52.6 Å². The molecular weight excluding hydrogens is 487 g/mol. The highest BCUT2D eigenvalue weighted by atomic mass is 32.1. The predicted octanol–water partition coefficient (Wildman–Crippen LogP) is 2.32. The van der Waals surface area contributed by atoms with Crippen LogP contribution >= 0.6 is 11.3 Å². The van der Waals surface area contributed by atoms with Crippen LogP contribution in [0.5, 0.6) is 0 Å². The molecule has 5 rings (SSSR count). The molecule has 11 nitrogen and oxygen atoms in total. The lowest BCUT2D eigenvalue weighted by Crippen LogP contribution is -2.52. The summed E-state index contributed by atoms with van der Waals surface area (Å²) < 4.78 is 25.2. The maximum Gasteiger partial charge on any atom is 0.259 e. The Kier molecular flexibility index (Phi) is 7.20. The topological polar surface area (TPSA) is 118 Å². The standard InChI is InChI=1S/C23H27FN8O3S/c1-34-16-12-32(13-16)18-10-14(5-6-17(18)24)20(35-2)21(33)27-22-29-30-23(36-22)31-9-7-15(11-31)26-19-4-3-8-25-28-19/h3-6,8,10,15-16,20H,7,9,11-13H2,1-2H3,(H,26,28)(H,27,29,33)/t15-,20+/m1/s1.